The summed E-state index contributed by atoms with van der Waals surface area (Å²) in [6.45, 7) is 4.82. The molecule has 1 aliphatic rings. The number of piperazine rings is 1. The number of para-hydroxylation sites is 1. The van der Waals surface area contributed by atoms with Gasteiger partial charge in [0, 0.05) is 6.07 Å². The molecule has 0 bridgehead atoms. The van der Waals surface area contributed by atoms with E-state index in [1.54, 1.807) is 23.6 Å². The fourth-order valence-corrected chi connectivity index (χ4v) is 4.18. The lowest BCUT2D eigenvalue weighted by Gasteiger charge is -2.32. The second kappa shape index (κ2) is 6.73. The predicted molar refractivity (Wildman–Crippen MR) is 97.1 cm³/mol. The van der Waals surface area contributed by atoms with Gasteiger partial charge in [0.15, 0.2) is 6.20 Å². The Balaban J connectivity index is 1.37. The molecule has 1 aromatic carbocycles. The summed E-state index contributed by atoms with van der Waals surface area (Å²) < 4.78 is 1.24. The molecule has 0 atom stereocenters. The average molecular weight is 356 g/mol. The van der Waals surface area contributed by atoms with E-state index >= 15 is 0 Å². The maximum Gasteiger partial charge on any atom is 0.363 e. The Morgan fingerprint density at radius 3 is 2.68 bits per heavy atom. The molecule has 8 heteroatoms. The number of rotatable bonds is 4. The van der Waals surface area contributed by atoms with Crippen LogP contribution in [0.1, 0.15) is 5.01 Å². The molecule has 3 heterocycles. The number of pyridine rings is 1. The van der Waals surface area contributed by atoms with Crippen molar-refractivity contribution in [1.29, 1.82) is 0 Å². The lowest BCUT2D eigenvalue weighted by molar-refractivity contribution is -0.914. The third-order valence-electron chi connectivity index (χ3n) is 4.49. The number of thiazole rings is 1. The van der Waals surface area contributed by atoms with Gasteiger partial charge in [-0.15, -0.1) is 11.3 Å². The van der Waals surface area contributed by atoms with Gasteiger partial charge in [0.2, 0.25) is 0 Å². The fraction of sp³-hybridized carbons (Fsp3) is 0.294. The molecule has 1 aliphatic heterocycles. The zero-order chi connectivity index (χ0) is 17.2. The molecule has 0 aliphatic carbocycles. The predicted octanol–water partition coefficient (Wildman–Crippen LogP) is 1.50. The maximum absolute atomic E-state index is 10.7. The first-order valence-electron chi connectivity index (χ1n) is 8.22. The quantitative estimate of drug-likeness (QED) is 0.566. The Hall–Kier alpha value is -2.58. The lowest BCUT2D eigenvalue weighted by Crippen LogP contribution is -3.13. The number of nitrogens with zero attached hydrogens (tertiary/aromatic N) is 4. The van der Waals surface area contributed by atoms with Crippen molar-refractivity contribution >= 4 is 33.1 Å². The van der Waals surface area contributed by atoms with E-state index in [1.807, 2.05) is 12.1 Å². The first-order valence-corrected chi connectivity index (χ1v) is 9.04. The summed E-state index contributed by atoms with van der Waals surface area (Å²) in [7, 11) is 0. The molecule has 4 rings (SSSR count). The number of benzene rings is 1. The van der Waals surface area contributed by atoms with Crippen molar-refractivity contribution in [1.82, 2.24) is 9.97 Å². The van der Waals surface area contributed by atoms with Crippen LogP contribution in [0.2, 0.25) is 0 Å². The number of hydrogen-bond donors (Lipinski definition) is 1. The third kappa shape index (κ3) is 3.45. The minimum atomic E-state index is -0.468. The van der Waals surface area contributed by atoms with Crippen molar-refractivity contribution in [3.05, 3.63) is 57.7 Å². The number of quaternary nitrogens is 1. The van der Waals surface area contributed by atoms with E-state index in [-0.39, 0.29) is 5.82 Å². The summed E-state index contributed by atoms with van der Waals surface area (Å²) in [6.07, 6.45) is 1.59. The molecule has 3 aromatic rings. The zero-order valence-corrected chi connectivity index (χ0v) is 14.4. The molecule has 2 aromatic heterocycles. The number of hydrogen-bond acceptors (Lipinski definition) is 6. The van der Waals surface area contributed by atoms with Gasteiger partial charge in [-0.2, -0.15) is 0 Å². The van der Waals surface area contributed by atoms with Crippen LogP contribution < -0.4 is 9.80 Å². The summed E-state index contributed by atoms with van der Waals surface area (Å²) in [6, 6.07) is 11.5. The Morgan fingerprint density at radius 2 is 2.00 bits per heavy atom. The molecule has 1 saturated heterocycles. The molecule has 128 valence electrons. The summed E-state index contributed by atoms with van der Waals surface area (Å²) >= 11 is 1.77. The van der Waals surface area contributed by atoms with Crippen LogP contribution >= 0.6 is 11.3 Å². The second-order valence-electron chi connectivity index (χ2n) is 6.12. The van der Waals surface area contributed by atoms with Crippen LogP contribution in [0.15, 0.2) is 42.6 Å². The number of nitrogens with one attached hydrogen (secondary N) is 1. The minimum Gasteiger partial charge on any atom is -0.358 e. The maximum atomic E-state index is 10.7. The van der Waals surface area contributed by atoms with Crippen LogP contribution in [0, 0.1) is 10.1 Å². The summed E-state index contributed by atoms with van der Waals surface area (Å²) in [5.74, 6) is -0.108. The zero-order valence-electron chi connectivity index (χ0n) is 13.6. The third-order valence-corrected chi connectivity index (χ3v) is 5.53. The van der Waals surface area contributed by atoms with Gasteiger partial charge in [-0.05, 0) is 28.1 Å². The fourth-order valence-electron chi connectivity index (χ4n) is 3.14. The van der Waals surface area contributed by atoms with Crippen LogP contribution in [-0.4, -0.2) is 41.1 Å². The van der Waals surface area contributed by atoms with E-state index < -0.39 is 4.92 Å². The van der Waals surface area contributed by atoms with Crippen molar-refractivity contribution in [3.63, 3.8) is 0 Å². The molecule has 0 saturated carbocycles. The molecule has 7 nitrogen and oxygen atoms in total. The van der Waals surface area contributed by atoms with Gasteiger partial charge in [0.1, 0.15) is 11.6 Å². The Morgan fingerprint density at radius 1 is 1.20 bits per heavy atom. The van der Waals surface area contributed by atoms with Crippen molar-refractivity contribution in [2.45, 2.75) is 6.54 Å². The first-order chi connectivity index (χ1) is 12.2. The molecule has 0 unspecified atom stereocenters. The Bertz CT molecular complexity index is 854. The van der Waals surface area contributed by atoms with Gasteiger partial charge < -0.3 is 19.9 Å². The van der Waals surface area contributed by atoms with Crippen molar-refractivity contribution in [3.8, 4) is 0 Å². The van der Waals surface area contributed by atoms with E-state index in [0.29, 0.717) is 0 Å². The molecular weight excluding hydrogens is 338 g/mol. The number of fused-ring (bicyclic) bond motifs is 1. The van der Waals surface area contributed by atoms with Crippen molar-refractivity contribution in [2.75, 3.05) is 31.1 Å². The Kier molecular flexibility index (Phi) is 4.29. The second-order valence-corrected chi connectivity index (χ2v) is 7.24. The molecule has 0 radical (unpaired) electrons. The molecule has 25 heavy (non-hydrogen) atoms. The van der Waals surface area contributed by atoms with Crippen LogP contribution in [-0.2, 0) is 6.54 Å². The van der Waals surface area contributed by atoms with E-state index in [9.17, 15) is 10.1 Å². The van der Waals surface area contributed by atoms with Crippen LogP contribution in [0.25, 0.3) is 10.2 Å². The van der Waals surface area contributed by atoms with E-state index in [4.69, 9.17) is 4.98 Å². The molecular formula is C17H18N5O2S+. The number of aromatic nitrogens is 2. The van der Waals surface area contributed by atoms with E-state index in [2.05, 4.69) is 22.0 Å². The van der Waals surface area contributed by atoms with Crippen LogP contribution in [0.3, 0.4) is 0 Å². The summed E-state index contributed by atoms with van der Waals surface area (Å²) in [4.78, 5) is 22.6. The first kappa shape index (κ1) is 15.9. The van der Waals surface area contributed by atoms with E-state index in [0.717, 1.165) is 43.9 Å². The van der Waals surface area contributed by atoms with Gasteiger partial charge in [0.05, 0.1) is 42.1 Å². The van der Waals surface area contributed by atoms with Gasteiger partial charge in [-0.25, -0.2) is 4.98 Å². The van der Waals surface area contributed by atoms with Gasteiger partial charge in [-0.3, -0.25) is 0 Å². The van der Waals surface area contributed by atoms with Gasteiger partial charge in [0.25, 0.3) is 0 Å². The number of nitro groups is 1. The average Bonchev–Trinajstić information content (AvgIpc) is 3.05. The monoisotopic (exact) mass is 356 g/mol. The topological polar surface area (TPSA) is 76.6 Å². The SMILES string of the molecule is O=[N+]([O-])c1ccc(N2CC[NH+](Cc3nc4ccccc4s3)CC2)cn1. The largest absolute Gasteiger partial charge is 0.363 e. The normalized spacial score (nSPS) is 15.6. The highest BCUT2D eigenvalue weighted by atomic mass is 32.1. The lowest BCUT2D eigenvalue weighted by atomic mass is 10.2. The molecule has 0 amide bonds. The van der Waals surface area contributed by atoms with Gasteiger partial charge >= 0.3 is 5.82 Å². The minimum absolute atomic E-state index is 0.108. The van der Waals surface area contributed by atoms with Crippen LogP contribution in [0.4, 0.5) is 11.5 Å². The summed E-state index contributed by atoms with van der Waals surface area (Å²) in [5.41, 5.74) is 2.03. The van der Waals surface area contributed by atoms with E-state index in [1.165, 1.54) is 20.7 Å². The molecule has 1 N–H and O–H groups in total. The van der Waals surface area contributed by atoms with Crippen molar-refractivity contribution < 1.29 is 9.82 Å². The molecule has 0 spiro atoms. The standard InChI is InChI=1S/C17H17N5O2S/c23-22(24)16-6-5-13(11-18-16)21-9-7-20(8-10-21)12-17-19-14-3-1-2-4-15(14)25-17/h1-6,11H,7-10,12H2/p+1. The van der Waals surface area contributed by atoms with Crippen molar-refractivity contribution in [2.24, 2.45) is 0 Å². The van der Waals surface area contributed by atoms with Gasteiger partial charge in [-0.1, -0.05) is 12.1 Å². The number of anilines is 1. The highest BCUT2D eigenvalue weighted by Gasteiger charge is 2.22. The summed E-state index contributed by atoms with van der Waals surface area (Å²) in [5, 5.41) is 11.9. The highest BCUT2D eigenvalue weighted by Crippen LogP contribution is 2.21. The smallest absolute Gasteiger partial charge is 0.358 e. The molecule has 1 fully saturated rings. The Labute approximate surface area is 148 Å². The highest BCUT2D eigenvalue weighted by molar-refractivity contribution is 7.18. The van der Waals surface area contributed by atoms with Crippen LogP contribution in [0.5, 0.6) is 0 Å².